The van der Waals surface area contributed by atoms with Crippen LogP contribution in [0.5, 0.6) is 0 Å². The average Bonchev–Trinajstić information content (AvgIpc) is 3.47. The molecule has 1 atom stereocenters. The van der Waals surface area contributed by atoms with Crippen molar-refractivity contribution in [2.75, 3.05) is 36.0 Å². The van der Waals surface area contributed by atoms with Crippen LogP contribution in [0.4, 0.5) is 24.0 Å². The van der Waals surface area contributed by atoms with Crippen molar-refractivity contribution in [3.05, 3.63) is 57.4 Å². The van der Waals surface area contributed by atoms with Gasteiger partial charge >= 0.3 is 6.18 Å². The van der Waals surface area contributed by atoms with Crippen molar-refractivity contribution in [1.82, 2.24) is 19.7 Å². The first-order valence-electron chi connectivity index (χ1n) is 13.0. The summed E-state index contributed by atoms with van der Waals surface area (Å²) >= 11 is 1.54. The van der Waals surface area contributed by atoms with E-state index in [1.165, 1.54) is 6.07 Å². The molecule has 204 valence electrons. The van der Waals surface area contributed by atoms with Crippen molar-refractivity contribution >= 4 is 28.1 Å². The van der Waals surface area contributed by atoms with Crippen LogP contribution < -0.4 is 9.80 Å². The summed E-state index contributed by atoms with van der Waals surface area (Å²) in [5.74, 6) is -0.000489. The summed E-state index contributed by atoms with van der Waals surface area (Å²) in [6, 6.07) is 4.70. The maximum atomic E-state index is 13.9. The number of thiazole rings is 1. The molecule has 38 heavy (non-hydrogen) atoms. The lowest BCUT2D eigenvalue weighted by Gasteiger charge is -2.43. The number of carbonyl (C=O) groups excluding carboxylic acids is 1. The Kier molecular flexibility index (Phi) is 7.15. The monoisotopic (exact) mass is 546 g/mol. The number of anilines is 2. The van der Waals surface area contributed by atoms with E-state index in [0.717, 1.165) is 34.3 Å². The Hall–Kier alpha value is -3.08. The van der Waals surface area contributed by atoms with Crippen molar-refractivity contribution in [2.24, 2.45) is 0 Å². The molecule has 7 nitrogen and oxygen atoms in total. The standard InChI is InChI=1S/C27H33F3N6OS/c1-5-20-16-38-26(31-20)34-9-8-21-22(14-34)24(7-6-23(21)27(28,29)30)33-10-11-35(19(4)13-33)25(37)15-36-18(3)12-17(2)32-36/h6-7,12,16,19H,5,8-11,13-15H2,1-4H3. The fraction of sp³-hybridized carbons (Fsp3) is 0.519. The van der Waals surface area contributed by atoms with Gasteiger partial charge in [-0.15, -0.1) is 11.3 Å². The third-order valence-electron chi connectivity index (χ3n) is 7.54. The molecular weight excluding hydrogens is 513 g/mol. The van der Waals surface area contributed by atoms with E-state index in [1.54, 1.807) is 22.1 Å². The predicted molar refractivity (Wildman–Crippen MR) is 143 cm³/mol. The zero-order chi connectivity index (χ0) is 27.2. The zero-order valence-electron chi connectivity index (χ0n) is 22.2. The van der Waals surface area contributed by atoms with E-state index in [2.05, 4.69) is 19.9 Å². The van der Waals surface area contributed by atoms with Gasteiger partial charge in [-0.1, -0.05) is 6.92 Å². The molecule has 0 spiro atoms. The summed E-state index contributed by atoms with van der Waals surface area (Å²) in [6.45, 7) is 10.6. The van der Waals surface area contributed by atoms with E-state index in [4.69, 9.17) is 0 Å². The second kappa shape index (κ2) is 10.2. The number of hydrogen-bond donors (Lipinski definition) is 0. The summed E-state index contributed by atoms with van der Waals surface area (Å²) in [7, 11) is 0. The molecule has 1 unspecified atom stereocenters. The molecule has 1 fully saturated rings. The van der Waals surface area contributed by atoms with E-state index in [9.17, 15) is 18.0 Å². The van der Waals surface area contributed by atoms with E-state index in [-0.39, 0.29) is 18.5 Å². The fourth-order valence-electron chi connectivity index (χ4n) is 5.59. The Labute approximate surface area is 224 Å². The van der Waals surface area contributed by atoms with E-state index in [1.807, 2.05) is 44.0 Å². The van der Waals surface area contributed by atoms with Gasteiger partial charge in [-0.05, 0) is 62.9 Å². The number of benzene rings is 1. The van der Waals surface area contributed by atoms with Crippen LogP contribution in [0.2, 0.25) is 0 Å². The van der Waals surface area contributed by atoms with Crippen LogP contribution in [-0.4, -0.2) is 57.8 Å². The maximum absolute atomic E-state index is 13.9. The largest absolute Gasteiger partial charge is 0.416 e. The van der Waals surface area contributed by atoms with Crippen LogP contribution in [0.1, 0.15) is 47.6 Å². The summed E-state index contributed by atoms with van der Waals surface area (Å²) in [6.07, 6.45) is -3.26. The van der Waals surface area contributed by atoms with E-state index < -0.39 is 11.7 Å². The summed E-state index contributed by atoms with van der Waals surface area (Å²) in [5.41, 5.74) is 4.18. The minimum absolute atomic E-state index is 0.000489. The molecule has 2 aromatic heterocycles. The minimum atomic E-state index is -4.40. The molecule has 0 N–H and O–H groups in total. The van der Waals surface area contributed by atoms with Crippen LogP contribution in [0.15, 0.2) is 23.6 Å². The molecular formula is C27H33F3N6OS. The summed E-state index contributed by atoms with van der Waals surface area (Å²) < 4.78 is 43.5. The zero-order valence-corrected chi connectivity index (χ0v) is 23.0. The lowest BCUT2D eigenvalue weighted by Crippen LogP contribution is -2.55. The SMILES string of the molecule is CCc1csc(N2CCc3c(C(F)(F)F)ccc(N4CCN(C(=O)Cn5nc(C)cc5C)C(C)C4)c3C2)n1. The first-order valence-corrected chi connectivity index (χ1v) is 13.9. The highest BCUT2D eigenvalue weighted by Gasteiger charge is 2.38. The van der Waals surface area contributed by atoms with Crippen molar-refractivity contribution < 1.29 is 18.0 Å². The van der Waals surface area contributed by atoms with Crippen LogP contribution in [0.25, 0.3) is 0 Å². The van der Waals surface area contributed by atoms with Gasteiger partial charge in [0.05, 0.1) is 17.0 Å². The highest BCUT2D eigenvalue weighted by atomic mass is 32.1. The number of halogens is 3. The van der Waals surface area contributed by atoms with Crippen molar-refractivity contribution in [2.45, 2.75) is 65.8 Å². The molecule has 0 saturated carbocycles. The Morgan fingerprint density at radius 2 is 1.92 bits per heavy atom. The molecule has 1 amide bonds. The smallest absolute Gasteiger partial charge is 0.367 e. The molecule has 1 saturated heterocycles. The molecule has 2 aliphatic heterocycles. The normalized spacial score (nSPS) is 18.2. The molecule has 0 radical (unpaired) electrons. The number of fused-ring (bicyclic) bond motifs is 1. The number of rotatable bonds is 5. The molecule has 4 heterocycles. The molecule has 0 bridgehead atoms. The number of piperazine rings is 1. The van der Waals surface area contributed by atoms with Crippen molar-refractivity contribution in [3.63, 3.8) is 0 Å². The van der Waals surface area contributed by atoms with Gasteiger partial charge in [0, 0.05) is 55.5 Å². The maximum Gasteiger partial charge on any atom is 0.416 e. The van der Waals surface area contributed by atoms with Gasteiger partial charge < -0.3 is 14.7 Å². The Morgan fingerprint density at radius 1 is 1.13 bits per heavy atom. The second-order valence-electron chi connectivity index (χ2n) is 10.2. The minimum Gasteiger partial charge on any atom is -0.367 e. The number of nitrogens with zero attached hydrogens (tertiary/aromatic N) is 6. The third-order valence-corrected chi connectivity index (χ3v) is 8.49. The van der Waals surface area contributed by atoms with E-state index in [0.29, 0.717) is 50.3 Å². The first-order chi connectivity index (χ1) is 18.0. The number of amides is 1. The second-order valence-corrected chi connectivity index (χ2v) is 11.0. The highest BCUT2D eigenvalue weighted by Crippen LogP contribution is 2.41. The predicted octanol–water partition coefficient (Wildman–Crippen LogP) is 4.84. The highest BCUT2D eigenvalue weighted by molar-refractivity contribution is 7.13. The van der Waals surface area contributed by atoms with Gasteiger partial charge in [-0.25, -0.2) is 4.98 Å². The summed E-state index contributed by atoms with van der Waals surface area (Å²) in [5, 5.41) is 7.27. The number of aromatic nitrogens is 3. The van der Waals surface area contributed by atoms with Crippen LogP contribution in [0.3, 0.4) is 0 Å². The molecule has 5 rings (SSSR count). The van der Waals surface area contributed by atoms with Gasteiger partial charge in [0.1, 0.15) is 6.54 Å². The van der Waals surface area contributed by atoms with Gasteiger partial charge in [-0.2, -0.15) is 18.3 Å². The van der Waals surface area contributed by atoms with Gasteiger partial charge in [0.2, 0.25) is 5.91 Å². The Bertz CT molecular complexity index is 1330. The van der Waals surface area contributed by atoms with Crippen LogP contribution >= 0.6 is 11.3 Å². The molecule has 3 aromatic rings. The molecule has 2 aliphatic rings. The van der Waals surface area contributed by atoms with Crippen molar-refractivity contribution in [1.29, 1.82) is 0 Å². The Balaban J connectivity index is 1.38. The number of carbonyl (C=O) groups is 1. The Morgan fingerprint density at radius 3 is 2.55 bits per heavy atom. The lowest BCUT2D eigenvalue weighted by molar-refractivity contribution is -0.138. The number of alkyl halides is 3. The number of hydrogen-bond acceptors (Lipinski definition) is 6. The van der Waals surface area contributed by atoms with Crippen LogP contribution in [0, 0.1) is 13.8 Å². The topological polar surface area (TPSA) is 57.5 Å². The quantitative estimate of drug-likeness (QED) is 0.459. The third kappa shape index (κ3) is 5.12. The van der Waals surface area contributed by atoms with E-state index >= 15 is 0 Å². The molecule has 0 aliphatic carbocycles. The average molecular weight is 547 g/mol. The lowest BCUT2D eigenvalue weighted by atomic mass is 9.91. The van der Waals surface area contributed by atoms with Gasteiger partial charge in [0.25, 0.3) is 0 Å². The number of aryl methyl sites for hydroxylation is 3. The summed E-state index contributed by atoms with van der Waals surface area (Å²) in [4.78, 5) is 23.9. The molecule has 1 aromatic carbocycles. The van der Waals surface area contributed by atoms with Crippen molar-refractivity contribution in [3.8, 4) is 0 Å². The fourth-order valence-corrected chi connectivity index (χ4v) is 6.52. The molecule has 11 heteroatoms. The first kappa shape index (κ1) is 26.5. The van der Waals surface area contributed by atoms with Gasteiger partial charge in [0.15, 0.2) is 5.13 Å². The van der Waals surface area contributed by atoms with Gasteiger partial charge in [-0.3, -0.25) is 9.48 Å². The van der Waals surface area contributed by atoms with Crippen LogP contribution in [-0.2, 0) is 36.9 Å².